The van der Waals surface area contributed by atoms with Crippen LogP contribution in [0.4, 0.5) is 0 Å². The lowest BCUT2D eigenvalue weighted by Crippen LogP contribution is -2.52. The zero-order chi connectivity index (χ0) is 13.5. The van der Waals surface area contributed by atoms with E-state index in [-0.39, 0.29) is 11.9 Å². The fourth-order valence-corrected chi connectivity index (χ4v) is 3.24. The van der Waals surface area contributed by atoms with Gasteiger partial charge in [0, 0.05) is 12.6 Å². The second kappa shape index (κ2) is 4.63. The summed E-state index contributed by atoms with van der Waals surface area (Å²) in [6.45, 7) is 5.68. The van der Waals surface area contributed by atoms with Gasteiger partial charge in [-0.25, -0.2) is 0 Å². The molecule has 1 aromatic rings. The monoisotopic (exact) mass is 263 g/mol. The maximum absolute atomic E-state index is 12.8. The van der Waals surface area contributed by atoms with E-state index in [4.69, 9.17) is 4.52 Å². The predicted octanol–water partition coefficient (Wildman–Crippen LogP) is 1.79. The van der Waals surface area contributed by atoms with Crippen LogP contribution in [0.5, 0.6) is 0 Å². The first-order valence-electron chi connectivity index (χ1n) is 7.09. The van der Waals surface area contributed by atoms with Crippen LogP contribution in [0.2, 0.25) is 0 Å². The summed E-state index contributed by atoms with van der Waals surface area (Å²) in [4.78, 5) is 14.7. The van der Waals surface area contributed by atoms with Crippen molar-refractivity contribution in [2.45, 2.75) is 51.1 Å². The molecule has 0 radical (unpaired) electrons. The molecule has 19 heavy (non-hydrogen) atoms. The molecule has 2 fully saturated rings. The third-order valence-corrected chi connectivity index (χ3v) is 4.33. The minimum absolute atomic E-state index is 0.0629. The third-order valence-electron chi connectivity index (χ3n) is 4.33. The summed E-state index contributed by atoms with van der Waals surface area (Å²) >= 11 is 0. The maximum atomic E-state index is 12.8. The number of likely N-dealkylation sites (tertiary alicyclic amines) is 1. The Morgan fingerprint density at radius 1 is 1.58 bits per heavy atom. The number of nitrogens with zero attached hydrogens (tertiary/aromatic N) is 2. The number of amides is 1. The number of aromatic nitrogens is 1. The summed E-state index contributed by atoms with van der Waals surface area (Å²) in [5, 5.41) is 7.29. The van der Waals surface area contributed by atoms with Gasteiger partial charge >= 0.3 is 0 Å². The van der Waals surface area contributed by atoms with Crippen LogP contribution in [-0.4, -0.2) is 34.6 Å². The fraction of sp³-hybridized carbons (Fsp3) is 0.714. The van der Waals surface area contributed by atoms with Crippen LogP contribution in [0.15, 0.2) is 10.6 Å². The first-order valence-corrected chi connectivity index (χ1v) is 7.09. The number of hydrogen-bond donors (Lipinski definition) is 1. The molecule has 2 aliphatic heterocycles. The van der Waals surface area contributed by atoms with Gasteiger partial charge in [0.05, 0.1) is 17.3 Å². The van der Waals surface area contributed by atoms with Gasteiger partial charge in [0.2, 0.25) is 5.91 Å². The molecular weight excluding hydrogens is 242 g/mol. The van der Waals surface area contributed by atoms with E-state index >= 15 is 0 Å². The van der Waals surface area contributed by atoms with Crippen molar-refractivity contribution in [3.05, 3.63) is 17.5 Å². The molecule has 1 N–H and O–H groups in total. The van der Waals surface area contributed by atoms with Crippen LogP contribution in [0.3, 0.4) is 0 Å². The number of carbonyl (C=O) groups is 1. The largest absolute Gasteiger partial charge is 0.359 e. The maximum Gasteiger partial charge on any atom is 0.243 e. The highest BCUT2D eigenvalue weighted by Gasteiger charge is 2.43. The van der Waals surface area contributed by atoms with E-state index in [9.17, 15) is 4.79 Å². The number of aryl methyl sites for hydroxylation is 1. The number of nitrogens with one attached hydrogen (secondary N) is 1. The highest BCUT2D eigenvalue weighted by Crippen LogP contribution is 2.35. The standard InChI is InChI=1S/C14H21N3O2/c1-10-9-12(19-16-10)11-5-3-8-17(11)13(18)14(2)6-4-7-15-14/h9,11,15H,3-8H2,1-2H3. The summed E-state index contributed by atoms with van der Waals surface area (Å²) in [7, 11) is 0. The van der Waals surface area contributed by atoms with Crippen LogP contribution in [0.1, 0.15) is 50.1 Å². The Morgan fingerprint density at radius 3 is 3.05 bits per heavy atom. The molecule has 2 aliphatic rings. The van der Waals surface area contributed by atoms with Crippen molar-refractivity contribution in [3.63, 3.8) is 0 Å². The van der Waals surface area contributed by atoms with Crippen LogP contribution in [0, 0.1) is 6.92 Å². The molecule has 1 amide bonds. The summed E-state index contributed by atoms with van der Waals surface area (Å²) in [5.41, 5.74) is 0.483. The smallest absolute Gasteiger partial charge is 0.243 e. The molecule has 2 saturated heterocycles. The minimum atomic E-state index is -0.391. The van der Waals surface area contributed by atoms with Crippen molar-refractivity contribution in [2.75, 3.05) is 13.1 Å². The Labute approximate surface area is 113 Å². The van der Waals surface area contributed by atoms with E-state index in [0.717, 1.165) is 50.2 Å². The Morgan fingerprint density at radius 2 is 2.42 bits per heavy atom. The summed E-state index contributed by atoms with van der Waals surface area (Å²) < 4.78 is 5.36. The van der Waals surface area contributed by atoms with E-state index in [2.05, 4.69) is 10.5 Å². The topological polar surface area (TPSA) is 58.4 Å². The number of carbonyl (C=O) groups excluding carboxylic acids is 1. The second-order valence-corrected chi connectivity index (χ2v) is 5.89. The van der Waals surface area contributed by atoms with Gasteiger partial charge < -0.3 is 14.7 Å². The summed E-state index contributed by atoms with van der Waals surface area (Å²) in [6, 6.07) is 2.01. The Kier molecular flexibility index (Phi) is 3.09. The Bertz CT molecular complexity index is 477. The van der Waals surface area contributed by atoms with Crippen LogP contribution in [-0.2, 0) is 4.79 Å². The van der Waals surface area contributed by atoms with Gasteiger partial charge in [0.1, 0.15) is 0 Å². The lowest BCUT2D eigenvalue weighted by atomic mass is 9.97. The second-order valence-electron chi connectivity index (χ2n) is 5.89. The zero-order valence-electron chi connectivity index (χ0n) is 11.6. The molecule has 0 aliphatic carbocycles. The third kappa shape index (κ3) is 2.16. The van der Waals surface area contributed by atoms with Crippen molar-refractivity contribution < 1.29 is 9.32 Å². The molecule has 0 spiro atoms. The normalized spacial score (nSPS) is 31.1. The van der Waals surface area contributed by atoms with Crippen LogP contribution < -0.4 is 5.32 Å². The van der Waals surface area contributed by atoms with Crippen LogP contribution in [0.25, 0.3) is 0 Å². The molecule has 1 aromatic heterocycles. The van der Waals surface area contributed by atoms with Crippen molar-refractivity contribution in [2.24, 2.45) is 0 Å². The van der Waals surface area contributed by atoms with Gasteiger partial charge in [0.25, 0.3) is 0 Å². The highest BCUT2D eigenvalue weighted by atomic mass is 16.5. The molecule has 0 bridgehead atoms. The SMILES string of the molecule is Cc1cc(C2CCCN2C(=O)C2(C)CCCN2)on1. The van der Waals surface area contributed by atoms with Crippen molar-refractivity contribution in [3.8, 4) is 0 Å². The van der Waals surface area contributed by atoms with E-state index in [1.54, 1.807) is 0 Å². The molecule has 0 saturated carbocycles. The fourth-order valence-electron chi connectivity index (χ4n) is 3.24. The van der Waals surface area contributed by atoms with Gasteiger partial charge in [-0.3, -0.25) is 4.79 Å². The molecule has 3 heterocycles. The molecule has 0 aromatic carbocycles. The number of hydrogen-bond acceptors (Lipinski definition) is 4. The molecule has 5 nitrogen and oxygen atoms in total. The summed E-state index contributed by atoms with van der Waals surface area (Å²) in [6.07, 6.45) is 4.00. The Hall–Kier alpha value is -1.36. The molecule has 5 heteroatoms. The first kappa shape index (κ1) is 12.7. The van der Waals surface area contributed by atoms with Gasteiger partial charge in [-0.1, -0.05) is 5.16 Å². The summed E-state index contributed by atoms with van der Waals surface area (Å²) in [5.74, 6) is 1.03. The van der Waals surface area contributed by atoms with Crippen molar-refractivity contribution in [1.29, 1.82) is 0 Å². The molecular formula is C14H21N3O2. The van der Waals surface area contributed by atoms with Gasteiger partial charge in [-0.05, 0) is 46.1 Å². The highest BCUT2D eigenvalue weighted by molar-refractivity contribution is 5.86. The molecule has 104 valence electrons. The number of rotatable bonds is 2. The lowest BCUT2D eigenvalue weighted by molar-refractivity contribution is -0.138. The minimum Gasteiger partial charge on any atom is -0.359 e. The van der Waals surface area contributed by atoms with E-state index < -0.39 is 5.54 Å². The zero-order valence-corrected chi connectivity index (χ0v) is 11.6. The van der Waals surface area contributed by atoms with E-state index in [1.807, 2.05) is 24.8 Å². The van der Waals surface area contributed by atoms with Crippen molar-refractivity contribution >= 4 is 5.91 Å². The van der Waals surface area contributed by atoms with Gasteiger partial charge in [-0.2, -0.15) is 0 Å². The lowest BCUT2D eigenvalue weighted by Gasteiger charge is -2.32. The first-order chi connectivity index (χ1) is 9.10. The average Bonchev–Trinajstić information content (AvgIpc) is 3.08. The average molecular weight is 263 g/mol. The molecule has 2 atom stereocenters. The van der Waals surface area contributed by atoms with E-state index in [0.29, 0.717) is 0 Å². The predicted molar refractivity (Wildman–Crippen MR) is 70.6 cm³/mol. The quantitative estimate of drug-likeness (QED) is 0.883. The van der Waals surface area contributed by atoms with Crippen molar-refractivity contribution in [1.82, 2.24) is 15.4 Å². The van der Waals surface area contributed by atoms with Gasteiger partial charge in [0.15, 0.2) is 5.76 Å². The molecule has 3 rings (SSSR count). The van der Waals surface area contributed by atoms with Crippen LogP contribution >= 0.6 is 0 Å². The van der Waals surface area contributed by atoms with Gasteiger partial charge in [-0.15, -0.1) is 0 Å². The van der Waals surface area contributed by atoms with E-state index in [1.165, 1.54) is 0 Å². The molecule has 2 unspecified atom stereocenters. The Balaban J connectivity index is 1.81.